The molecule has 1 aromatic carbocycles. The second kappa shape index (κ2) is 11.6. The molecule has 3 aromatic rings. The molecule has 2 unspecified atom stereocenters. The molecule has 0 radical (unpaired) electrons. The van der Waals surface area contributed by atoms with E-state index in [9.17, 15) is 4.79 Å². The first-order valence-corrected chi connectivity index (χ1v) is 13.5. The molecule has 2 aliphatic rings. The Morgan fingerprint density at radius 3 is 2.51 bits per heavy atom. The van der Waals surface area contributed by atoms with Gasteiger partial charge in [-0.15, -0.1) is 0 Å². The van der Waals surface area contributed by atoms with Crippen LogP contribution in [0.1, 0.15) is 42.6 Å². The standard InChI is InChI=1S/C29H35ClN6O/c1-20-17-36(18-21(2)33-20)27-9-8-22(15-32-27)19-35-13-10-24(11-14-35)34-29(37)26-7-3-6-25(28(26)30)23-5-4-12-31-16-23/h3-9,12,15-16,20-21,24,33H,10-11,13-14,17-19H2,1-2H3,(H,34,37). The molecule has 5 rings (SSSR count). The number of anilines is 1. The Morgan fingerprint density at radius 1 is 1.05 bits per heavy atom. The minimum absolute atomic E-state index is 0.120. The highest BCUT2D eigenvalue weighted by atomic mass is 35.5. The molecule has 0 spiro atoms. The quantitative estimate of drug-likeness (QED) is 0.504. The number of hydrogen-bond acceptors (Lipinski definition) is 6. The molecule has 0 aliphatic carbocycles. The van der Waals surface area contributed by atoms with Crippen LogP contribution in [-0.2, 0) is 6.54 Å². The monoisotopic (exact) mass is 518 g/mol. The van der Waals surface area contributed by atoms with Crippen molar-refractivity contribution in [1.82, 2.24) is 25.5 Å². The predicted octanol–water partition coefficient (Wildman–Crippen LogP) is 4.38. The topological polar surface area (TPSA) is 73.4 Å². The average Bonchev–Trinajstić information content (AvgIpc) is 2.90. The number of nitrogens with zero attached hydrogens (tertiary/aromatic N) is 4. The summed E-state index contributed by atoms with van der Waals surface area (Å²) < 4.78 is 0. The number of carbonyl (C=O) groups excluding carboxylic acids is 1. The molecule has 0 saturated carbocycles. The lowest BCUT2D eigenvalue weighted by Gasteiger charge is -2.37. The molecule has 2 fully saturated rings. The first-order chi connectivity index (χ1) is 18.0. The van der Waals surface area contributed by atoms with E-state index in [-0.39, 0.29) is 11.9 Å². The number of likely N-dealkylation sites (tertiary alicyclic amines) is 1. The Morgan fingerprint density at radius 2 is 1.84 bits per heavy atom. The molecular formula is C29H35ClN6O. The lowest BCUT2D eigenvalue weighted by atomic mass is 10.0. The number of nitrogens with one attached hydrogen (secondary N) is 2. The fourth-order valence-corrected chi connectivity index (χ4v) is 5.74. The molecule has 2 N–H and O–H groups in total. The van der Waals surface area contributed by atoms with Crippen molar-refractivity contribution in [1.29, 1.82) is 0 Å². The molecule has 1 amide bonds. The van der Waals surface area contributed by atoms with Crippen molar-refractivity contribution in [2.75, 3.05) is 31.1 Å². The number of piperazine rings is 1. The third-order valence-electron chi connectivity index (χ3n) is 7.24. The predicted molar refractivity (Wildman–Crippen MR) is 149 cm³/mol. The lowest BCUT2D eigenvalue weighted by Crippen LogP contribution is -2.54. The Hall–Kier alpha value is -3.00. The number of carbonyl (C=O) groups is 1. The largest absolute Gasteiger partial charge is 0.354 e. The fourth-order valence-electron chi connectivity index (χ4n) is 5.42. The third-order valence-corrected chi connectivity index (χ3v) is 7.64. The zero-order valence-electron chi connectivity index (χ0n) is 21.5. The zero-order chi connectivity index (χ0) is 25.8. The van der Waals surface area contributed by atoms with Crippen molar-refractivity contribution in [2.24, 2.45) is 0 Å². The molecule has 7 nitrogen and oxygen atoms in total. The number of amides is 1. The lowest BCUT2D eigenvalue weighted by molar-refractivity contribution is 0.0909. The van der Waals surface area contributed by atoms with Crippen LogP contribution in [0.25, 0.3) is 11.1 Å². The molecule has 2 aliphatic heterocycles. The van der Waals surface area contributed by atoms with Gasteiger partial charge in [-0.05, 0) is 50.5 Å². The van der Waals surface area contributed by atoms with Crippen LogP contribution < -0.4 is 15.5 Å². The van der Waals surface area contributed by atoms with Gasteiger partial charge in [0.1, 0.15) is 5.82 Å². The highest BCUT2D eigenvalue weighted by Crippen LogP contribution is 2.30. The number of rotatable bonds is 6. The van der Waals surface area contributed by atoms with Crippen molar-refractivity contribution in [3.63, 3.8) is 0 Å². The van der Waals surface area contributed by atoms with Crippen molar-refractivity contribution >= 4 is 23.3 Å². The van der Waals surface area contributed by atoms with Gasteiger partial charge in [-0.2, -0.15) is 0 Å². The molecule has 0 bridgehead atoms. The summed E-state index contributed by atoms with van der Waals surface area (Å²) in [4.78, 5) is 26.8. The van der Waals surface area contributed by atoms with Gasteiger partial charge in [0.15, 0.2) is 0 Å². The van der Waals surface area contributed by atoms with Crippen LogP contribution in [0, 0.1) is 0 Å². The summed E-state index contributed by atoms with van der Waals surface area (Å²) >= 11 is 6.64. The summed E-state index contributed by atoms with van der Waals surface area (Å²) in [6, 6.07) is 14.8. The number of benzene rings is 1. The maximum atomic E-state index is 13.1. The van der Waals surface area contributed by atoms with E-state index in [1.54, 1.807) is 18.5 Å². The maximum Gasteiger partial charge on any atom is 0.253 e. The minimum Gasteiger partial charge on any atom is -0.354 e. The van der Waals surface area contributed by atoms with E-state index >= 15 is 0 Å². The fraction of sp³-hybridized carbons (Fsp3) is 0.414. The van der Waals surface area contributed by atoms with E-state index in [1.807, 2.05) is 30.5 Å². The molecule has 4 heterocycles. The minimum atomic E-state index is -0.120. The van der Waals surface area contributed by atoms with Crippen LogP contribution in [0.15, 0.2) is 61.1 Å². The van der Waals surface area contributed by atoms with Crippen LogP contribution in [0.3, 0.4) is 0 Å². The summed E-state index contributed by atoms with van der Waals surface area (Å²) in [5.74, 6) is 0.933. The van der Waals surface area contributed by atoms with E-state index in [2.05, 4.69) is 51.4 Å². The van der Waals surface area contributed by atoms with E-state index < -0.39 is 0 Å². The summed E-state index contributed by atoms with van der Waals surface area (Å²) in [6.07, 6.45) is 7.31. The van der Waals surface area contributed by atoms with Gasteiger partial charge in [0.2, 0.25) is 0 Å². The van der Waals surface area contributed by atoms with Crippen LogP contribution in [0.2, 0.25) is 5.02 Å². The third kappa shape index (κ3) is 6.29. The Labute approximate surface area is 224 Å². The molecule has 194 valence electrons. The number of piperidine rings is 1. The second-order valence-corrected chi connectivity index (χ2v) is 10.7. The summed E-state index contributed by atoms with van der Waals surface area (Å²) in [7, 11) is 0. The van der Waals surface area contributed by atoms with Crippen molar-refractivity contribution in [3.8, 4) is 11.1 Å². The zero-order valence-corrected chi connectivity index (χ0v) is 22.3. The van der Waals surface area contributed by atoms with Crippen molar-refractivity contribution in [3.05, 3.63) is 77.2 Å². The Kier molecular flexibility index (Phi) is 8.03. The smallest absolute Gasteiger partial charge is 0.253 e. The SMILES string of the molecule is CC1CN(c2ccc(CN3CCC(NC(=O)c4cccc(-c5cccnc5)c4Cl)CC3)cn2)CC(C)N1. The second-order valence-electron chi connectivity index (χ2n) is 10.3. The molecule has 8 heteroatoms. The highest BCUT2D eigenvalue weighted by molar-refractivity contribution is 6.36. The molecule has 2 aromatic heterocycles. The van der Waals surface area contributed by atoms with Crippen molar-refractivity contribution in [2.45, 2.75) is 51.4 Å². The van der Waals surface area contributed by atoms with E-state index in [0.717, 1.165) is 62.5 Å². The van der Waals surface area contributed by atoms with Crippen LogP contribution in [0.4, 0.5) is 5.82 Å². The van der Waals surface area contributed by atoms with Gasteiger partial charge in [-0.3, -0.25) is 14.7 Å². The van der Waals surface area contributed by atoms with Gasteiger partial charge >= 0.3 is 0 Å². The summed E-state index contributed by atoms with van der Waals surface area (Å²) in [6.45, 7) is 9.14. The maximum absolute atomic E-state index is 13.1. The van der Waals surface area contributed by atoms with Gasteiger partial charge in [-0.25, -0.2) is 4.98 Å². The Balaban J connectivity index is 1.13. The first-order valence-electron chi connectivity index (χ1n) is 13.1. The summed E-state index contributed by atoms with van der Waals surface area (Å²) in [5, 5.41) is 7.24. The van der Waals surface area contributed by atoms with Crippen molar-refractivity contribution < 1.29 is 4.79 Å². The number of aromatic nitrogens is 2. The molecule has 2 saturated heterocycles. The van der Waals surface area contributed by atoms with Gasteiger partial charge in [0.05, 0.1) is 10.6 Å². The van der Waals surface area contributed by atoms with Gasteiger partial charge in [-0.1, -0.05) is 35.9 Å². The number of pyridine rings is 2. The molecular weight excluding hydrogens is 484 g/mol. The number of hydrogen-bond donors (Lipinski definition) is 2. The van der Waals surface area contributed by atoms with Gasteiger partial charge < -0.3 is 15.5 Å². The van der Waals surface area contributed by atoms with E-state index in [1.165, 1.54) is 5.56 Å². The van der Waals surface area contributed by atoms with Crippen LogP contribution in [-0.4, -0.2) is 65.1 Å². The van der Waals surface area contributed by atoms with Gasteiger partial charge in [0.25, 0.3) is 5.91 Å². The molecule has 37 heavy (non-hydrogen) atoms. The number of halogens is 1. The average molecular weight is 519 g/mol. The highest BCUT2D eigenvalue weighted by Gasteiger charge is 2.24. The summed E-state index contributed by atoms with van der Waals surface area (Å²) in [5.41, 5.74) is 3.44. The molecule has 2 atom stereocenters. The Bertz CT molecular complexity index is 1190. The van der Waals surface area contributed by atoms with E-state index in [4.69, 9.17) is 16.6 Å². The van der Waals surface area contributed by atoms with Crippen LogP contribution >= 0.6 is 11.6 Å². The van der Waals surface area contributed by atoms with E-state index in [0.29, 0.717) is 22.7 Å². The normalized spacial score (nSPS) is 21.1. The van der Waals surface area contributed by atoms with Crippen LogP contribution in [0.5, 0.6) is 0 Å². The van der Waals surface area contributed by atoms with Gasteiger partial charge in [0, 0.05) is 80.6 Å². The first kappa shape index (κ1) is 25.6.